The molecule has 3 rings (SSSR count). The maximum atomic E-state index is 13.7. The van der Waals surface area contributed by atoms with Gasteiger partial charge in [0, 0.05) is 35.9 Å². The Kier molecular flexibility index (Phi) is 6.30. The molecule has 0 fully saturated rings. The third-order valence-electron chi connectivity index (χ3n) is 5.09. The lowest BCUT2D eigenvalue weighted by Crippen LogP contribution is -2.33. The predicted octanol–water partition coefficient (Wildman–Crippen LogP) is 3.78. The van der Waals surface area contributed by atoms with Gasteiger partial charge in [0.05, 0.1) is 5.56 Å². The first-order valence-corrected chi connectivity index (χ1v) is 9.83. The first-order valence-electron chi connectivity index (χ1n) is 9.83. The molecule has 30 heavy (non-hydrogen) atoms. The van der Waals surface area contributed by atoms with Crippen LogP contribution >= 0.6 is 0 Å². The maximum absolute atomic E-state index is 13.7. The fourth-order valence-electron chi connectivity index (χ4n) is 3.36. The number of carbonyl (C=O) groups excluding carboxylic acids is 3. The molecule has 156 valence electrons. The van der Waals surface area contributed by atoms with E-state index in [4.69, 9.17) is 0 Å². The summed E-state index contributed by atoms with van der Waals surface area (Å²) in [6.07, 6.45) is 1.53. The van der Waals surface area contributed by atoms with Crippen molar-refractivity contribution in [3.8, 4) is 0 Å². The summed E-state index contributed by atoms with van der Waals surface area (Å²) >= 11 is 0. The summed E-state index contributed by atoms with van der Waals surface area (Å²) in [4.78, 5) is 39.6. The number of halogens is 1. The Balaban J connectivity index is 1.89. The van der Waals surface area contributed by atoms with Crippen molar-refractivity contribution < 1.29 is 18.8 Å². The van der Waals surface area contributed by atoms with Crippen molar-refractivity contribution in [3.63, 3.8) is 0 Å². The lowest BCUT2D eigenvalue weighted by atomic mass is 10.1. The van der Waals surface area contributed by atoms with Crippen LogP contribution in [0.15, 0.2) is 48.7 Å². The van der Waals surface area contributed by atoms with Crippen molar-refractivity contribution in [3.05, 3.63) is 65.6 Å². The molecule has 2 aromatic carbocycles. The zero-order chi connectivity index (χ0) is 21.8. The maximum Gasteiger partial charge on any atom is 0.296 e. The number of nitrogens with one attached hydrogen (secondary N) is 1. The molecule has 0 aliphatic carbocycles. The van der Waals surface area contributed by atoms with Crippen molar-refractivity contribution in [2.24, 2.45) is 0 Å². The average Bonchev–Trinajstić information content (AvgIpc) is 3.09. The van der Waals surface area contributed by atoms with Gasteiger partial charge in [-0.05, 0) is 44.5 Å². The molecule has 0 spiro atoms. The van der Waals surface area contributed by atoms with Gasteiger partial charge < -0.3 is 14.8 Å². The molecule has 0 atom stereocenters. The number of aromatic nitrogens is 1. The summed E-state index contributed by atoms with van der Waals surface area (Å²) in [6, 6.07) is 11.4. The molecule has 0 saturated carbocycles. The Bertz CT molecular complexity index is 1120. The van der Waals surface area contributed by atoms with Crippen LogP contribution in [0.4, 0.5) is 10.1 Å². The number of carbonyl (C=O) groups is 3. The van der Waals surface area contributed by atoms with Crippen LogP contribution in [0.3, 0.4) is 0 Å². The summed E-state index contributed by atoms with van der Waals surface area (Å²) in [5, 5.41) is 3.03. The summed E-state index contributed by atoms with van der Waals surface area (Å²) < 4.78 is 15.4. The number of hydrogen-bond acceptors (Lipinski definition) is 3. The van der Waals surface area contributed by atoms with E-state index in [9.17, 15) is 18.8 Å². The van der Waals surface area contributed by atoms with Gasteiger partial charge >= 0.3 is 0 Å². The molecule has 0 aliphatic rings. The number of Topliss-reactive ketones (excluding diaryl/α,β-unsaturated/α-hetero) is 1. The summed E-state index contributed by atoms with van der Waals surface area (Å²) in [7, 11) is 0. The van der Waals surface area contributed by atoms with Gasteiger partial charge in [0.15, 0.2) is 0 Å². The van der Waals surface area contributed by atoms with Crippen molar-refractivity contribution in [2.45, 2.75) is 27.3 Å². The smallest absolute Gasteiger partial charge is 0.296 e. The average molecular weight is 409 g/mol. The SMILES string of the molecule is CCN(CC)C(=O)Cn1cc(C(=O)C(=O)Nc2ccc(C)c(F)c2)c2ccccc21. The summed E-state index contributed by atoms with van der Waals surface area (Å²) in [5.74, 6) is -2.15. The molecule has 1 N–H and O–H groups in total. The predicted molar refractivity (Wildman–Crippen MR) is 114 cm³/mol. The van der Waals surface area contributed by atoms with Crippen molar-refractivity contribution in [2.75, 3.05) is 18.4 Å². The zero-order valence-electron chi connectivity index (χ0n) is 17.2. The van der Waals surface area contributed by atoms with Crippen LogP contribution in [0.1, 0.15) is 29.8 Å². The van der Waals surface area contributed by atoms with Gasteiger partial charge in [-0.15, -0.1) is 0 Å². The van der Waals surface area contributed by atoms with Crippen LogP contribution in [-0.2, 0) is 16.1 Å². The van der Waals surface area contributed by atoms with Crippen LogP contribution in [-0.4, -0.2) is 40.2 Å². The molecule has 6 nitrogen and oxygen atoms in total. The van der Waals surface area contributed by atoms with E-state index in [1.54, 1.807) is 34.6 Å². The fraction of sp³-hybridized carbons (Fsp3) is 0.261. The van der Waals surface area contributed by atoms with Gasteiger partial charge in [-0.2, -0.15) is 0 Å². The number of likely N-dealkylation sites (N-methyl/N-ethyl adjacent to an activating group) is 1. The van der Waals surface area contributed by atoms with Gasteiger partial charge in [-0.25, -0.2) is 4.39 Å². The van der Waals surface area contributed by atoms with E-state index in [1.165, 1.54) is 24.4 Å². The largest absolute Gasteiger partial charge is 0.342 e. The number of benzene rings is 2. The third kappa shape index (κ3) is 4.25. The number of para-hydroxylation sites is 1. The molecule has 0 bridgehead atoms. The Labute approximate surface area is 174 Å². The van der Waals surface area contributed by atoms with E-state index < -0.39 is 17.5 Å². The number of aryl methyl sites for hydroxylation is 1. The van der Waals surface area contributed by atoms with Crippen LogP contribution < -0.4 is 5.32 Å². The van der Waals surface area contributed by atoms with Crippen LogP contribution in [0.2, 0.25) is 0 Å². The number of ketones is 1. The van der Waals surface area contributed by atoms with Crippen molar-refractivity contribution in [1.29, 1.82) is 0 Å². The quantitative estimate of drug-likeness (QED) is 0.477. The normalized spacial score (nSPS) is 10.8. The van der Waals surface area contributed by atoms with Crippen LogP contribution in [0, 0.1) is 12.7 Å². The number of rotatable bonds is 7. The van der Waals surface area contributed by atoms with E-state index in [1.807, 2.05) is 19.9 Å². The van der Waals surface area contributed by atoms with Gasteiger partial charge in [-0.3, -0.25) is 14.4 Å². The Morgan fingerprint density at radius 2 is 1.77 bits per heavy atom. The van der Waals surface area contributed by atoms with Gasteiger partial charge in [0.25, 0.3) is 11.7 Å². The number of hydrogen-bond donors (Lipinski definition) is 1. The minimum atomic E-state index is -0.865. The molecule has 7 heteroatoms. The van der Waals surface area contributed by atoms with E-state index in [0.29, 0.717) is 29.6 Å². The lowest BCUT2D eigenvalue weighted by molar-refractivity contribution is -0.131. The second-order valence-electron chi connectivity index (χ2n) is 7.00. The van der Waals surface area contributed by atoms with E-state index in [0.717, 1.165) is 0 Å². The lowest BCUT2D eigenvalue weighted by Gasteiger charge is -2.19. The van der Waals surface area contributed by atoms with Crippen molar-refractivity contribution in [1.82, 2.24) is 9.47 Å². The molecular weight excluding hydrogens is 385 g/mol. The Morgan fingerprint density at radius 1 is 1.07 bits per heavy atom. The second-order valence-corrected chi connectivity index (χ2v) is 7.00. The molecule has 3 aromatic rings. The molecular formula is C23H24FN3O3. The molecule has 1 heterocycles. The first-order chi connectivity index (χ1) is 14.3. The second kappa shape index (κ2) is 8.90. The topological polar surface area (TPSA) is 71.4 Å². The van der Waals surface area contributed by atoms with Gasteiger partial charge in [0.1, 0.15) is 12.4 Å². The van der Waals surface area contributed by atoms with E-state index in [-0.39, 0.29) is 23.7 Å². The highest BCUT2D eigenvalue weighted by atomic mass is 19.1. The monoisotopic (exact) mass is 409 g/mol. The number of amides is 2. The summed E-state index contributed by atoms with van der Waals surface area (Å²) in [5.41, 5.74) is 1.54. The van der Waals surface area contributed by atoms with E-state index in [2.05, 4.69) is 5.32 Å². The van der Waals surface area contributed by atoms with E-state index >= 15 is 0 Å². The first kappa shape index (κ1) is 21.2. The molecule has 0 saturated heterocycles. The molecule has 0 unspecified atom stereocenters. The van der Waals surface area contributed by atoms with Crippen molar-refractivity contribution >= 4 is 34.2 Å². The summed E-state index contributed by atoms with van der Waals surface area (Å²) in [6.45, 7) is 6.68. The van der Waals surface area contributed by atoms with Crippen LogP contribution in [0.5, 0.6) is 0 Å². The number of anilines is 1. The van der Waals surface area contributed by atoms with Gasteiger partial charge in [0.2, 0.25) is 5.91 Å². The standard InChI is InChI=1S/C23H24FN3O3/c1-4-26(5-2)21(28)14-27-13-18(17-8-6-7-9-20(17)27)22(29)23(30)25-16-11-10-15(3)19(24)12-16/h6-13H,4-5,14H2,1-3H3,(H,25,30). The molecule has 0 radical (unpaired) electrons. The Morgan fingerprint density at radius 3 is 2.43 bits per heavy atom. The molecule has 2 amide bonds. The van der Waals surface area contributed by atoms with Gasteiger partial charge in [-0.1, -0.05) is 24.3 Å². The zero-order valence-corrected chi connectivity index (χ0v) is 17.2. The minimum Gasteiger partial charge on any atom is -0.342 e. The number of fused-ring (bicyclic) bond motifs is 1. The fourth-order valence-corrected chi connectivity index (χ4v) is 3.36. The van der Waals surface area contributed by atoms with Crippen LogP contribution in [0.25, 0.3) is 10.9 Å². The highest BCUT2D eigenvalue weighted by Gasteiger charge is 2.23. The molecule has 0 aliphatic heterocycles. The molecule has 1 aromatic heterocycles. The number of nitrogens with zero attached hydrogens (tertiary/aromatic N) is 2. The highest BCUT2D eigenvalue weighted by molar-refractivity contribution is 6.48. The highest BCUT2D eigenvalue weighted by Crippen LogP contribution is 2.23. The third-order valence-corrected chi connectivity index (χ3v) is 5.09. The Hall–Kier alpha value is -3.48. The minimum absolute atomic E-state index is 0.0697.